The second-order valence-electron chi connectivity index (χ2n) is 8.11. The number of aryl methyl sites for hydroxylation is 1. The molecule has 2 rings (SSSR count). The van der Waals surface area contributed by atoms with E-state index in [-0.39, 0.29) is 30.1 Å². The van der Waals surface area contributed by atoms with Gasteiger partial charge in [-0.3, -0.25) is 9.89 Å². The molecule has 0 saturated carbocycles. The summed E-state index contributed by atoms with van der Waals surface area (Å²) in [6, 6.07) is 8.22. The molecular weight excluding hydrogens is 481 g/mol. The summed E-state index contributed by atoms with van der Waals surface area (Å²) in [5, 5.41) is 3.12. The molecule has 1 fully saturated rings. The van der Waals surface area contributed by atoms with Crippen LogP contribution in [0.1, 0.15) is 39.7 Å². The van der Waals surface area contributed by atoms with Crippen molar-refractivity contribution in [1.82, 2.24) is 9.80 Å². The fraction of sp³-hybridized carbons (Fsp3) is 0.619. The third-order valence-corrected chi connectivity index (χ3v) is 4.57. The summed E-state index contributed by atoms with van der Waals surface area (Å²) in [5.41, 5.74) is 7.77. The Morgan fingerprint density at radius 2 is 1.79 bits per heavy atom. The first kappa shape index (κ1) is 25.5. The zero-order valence-electron chi connectivity index (χ0n) is 18.1. The van der Waals surface area contributed by atoms with Crippen LogP contribution in [0.5, 0.6) is 0 Å². The number of carbonyl (C=O) groups excluding carboxylic acids is 1. The molecule has 3 N–H and O–H groups in total. The molecule has 1 amide bonds. The van der Waals surface area contributed by atoms with E-state index in [0.29, 0.717) is 25.6 Å². The van der Waals surface area contributed by atoms with E-state index < -0.39 is 5.60 Å². The number of rotatable bonds is 6. The third-order valence-electron chi connectivity index (χ3n) is 4.57. The van der Waals surface area contributed by atoms with Crippen molar-refractivity contribution in [2.75, 3.05) is 44.6 Å². The predicted molar refractivity (Wildman–Crippen MR) is 130 cm³/mol. The fourth-order valence-electron chi connectivity index (χ4n) is 2.99. The second-order valence-corrected chi connectivity index (χ2v) is 8.11. The van der Waals surface area contributed by atoms with Gasteiger partial charge >= 0.3 is 6.09 Å². The molecule has 29 heavy (non-hydrogen) atoms. The van der Waals surface area contributed by atoms with Crippen LogP contribution in [0.25, 0.3) is 0 Å². The monoisotopic (exact) mass is 517 g/mol. The van der Waals surface area contributed by atoms with Crippen LogP contribution < -0.4 is 11.1 Å². The lowest BCUT2D eigenvalue weighted by Gasteiger charge is -2.35. The van der Waals surface area contributed by atoms with Crippen LogP contribution in [0, 0.1) is 0 Å². The number of halogens is 1. The summed E-state index contributed by atoms with van der Waals surface area (Å²) in [6.45, 7) is 12.6. The summed E-state index contributed by atoms with van der Waals surface area (Å²) in [5.74, 6) is 0.444. The number of nitrogens with zero attached hydrogens (tertiary/aromatic N) is 3. The maximum atomic E-state index is 12.1. The number of piperazine rings is 1. The summed E-state index contributed by atoms with van der Waals surface area (Å²) >= 11 is 0. The van der Waals surface area contributed by atoms with Gasteiger partial charge in [-0.25, -0.2) is 4.79 Å². The van der Waals surface area contributed by atoms with Crippen LogP contribution in [0.3, 0.4) is 0 Å². The van der Waals surface area contributed by atoms with Crippen molar-refractivity contribution >= 4 is 41.7 Å². The molecule has 8 heteroatoms. The first-order valence-electron chi connectivity index (χ1n) is 10.1. The number of nitrogens with one attached hydrogen (secondary N) is 1. The zero-order chi connectivity index (χ0) is 20.6. The average molecular weight is 517 g/mol. The Hall–Kier alpha value is -1.55. The van der Waals surface area contributed by atoms with Gasteiger partial charge in [0.1, 0.15) is 5.60 Å². The molecule has 1 heterocycles. The number of hydrogen-bond donors (Lipinski definition) is 2. The van der Waals surface area contributed by atoms with Crippen LogP contribution in [-0.4, -0.2) is 66.7 Å². The molecular formula is C21H36IN5O2. The number of carbonyl (C=O) groups is 1. The highest BCUT2D eigenvalue weighted by Crippen LogP contribution is 2.12. The highest BCUT2D eigenvalue weighted by Gasteiger charge is 2.25. The molecule has 0 aromatic heterocycles. The molecule has 0 spiro atoms. The summed E-state index contributed by atoms with van der Waals surface area (Å²) in [7, 11) is 0. The van der Waals surface area contributed by atoms with E-state index in [1.807, 2.05) is 32.9 Å². The van der Waals surface area contributed by atoms with Gasteiger partial charge in [-0.15, -0.1) is 24.0 Å². The second kappa shape index (κ2) is 12.2. The highest BCUT2D eigenvalue weighted by molar-refractivity contribution is 14.0. The molecule has 0 bridgehead atoms. The van der Waals surface area contributed by atoms with Crippen LogP contribution in [0.2, 0.25) is 0 Å². The Morgan fingerprint density at radius 3 is 2.34 bits per heavy atom. The predicted octanol–water partition coefficient (Wildman–Crippen LogP) is 3.54. The minimum absolute atomic E-state index is 0. The summed E-state index contributed by atoms with van der Waals surface area (Å²) in [6.07, 6.45) is 1.74. The average Bonchev–Trinajstić information content (AvgIpc) is 2.65. The van der Waals surface area contributed by atoms with Crippen LogP contribution in [0.4, 0.5) is 10.5 Å². The van der Waals surface area contributed by atoms with Gasteiger partial charge < -0.3 is 20.7 Å². The summed E-state index contributed by atoms with van der Waals surface area (Å²) in [4.78, 5) is 20.6. The maximum absolute atomic E-state index is 12.1. The van der Waals surface area contributed by atoms with E-state index in [0.717, 1.165) is 38.2 Å². The number of ether oxygens (including phenoxy) is 1. The standard InChI is InChI=1S/C21H35N5O2.HI/c1-5-17-7-9-18(10-8-17)24-19(22)23-11-6-12-25-13-15-26(16-14-25)20(27)28-21(2,3)4;/h7-10H,5-6,11-16H2,1-4H3,(H3,22,23,24);1H. The maximum Gasteiger partial charge on any atom is 0.410 e. The molecule has 1 saturated heterocycles. The Bertz CT molecular complexity index is 650. The lowest BCUT2D eigenvalue weighted by Crippen LogP contribution is -2.50. The van der Waals surface area contributed by atoms with E-state index in [1.165, 1.54) is 5.56 Å². The van der Waals surface area contributed by atoms with E-state index in [2.05, 4.69) is 34.3 Å². The van der Waals surface area contributed by atoms with Crippen LogP contribution >= 0.6 is 24.0 Å². The van der Waals surface area contributed by atoms with Gasteiger partial charge in [0.2, 0.25) is 0 Å². The SMILES string of the molecule is CCc1ccc(NC(N)=NCCCN2CCN(C(=O)OC(C)(C)C)CC2)cc1.I. The molecule has 1 aromatic carbocycles. The van der Waals surface area contributed by atoms with Crippen molar-refractivity contribution < 1.29 is 9.53 Å². The van der Waals surface area contributed by atoms with Gasteiger partial charge in [0.05, 0.1) is 0 Å². The Balaban J connectivity index is 0.00000420. The molecule has 7 nitrogen and oxygen atoms in total. The number of benzene rings is 1. The normalized spacial score (nSPS) is 15.6. The molecule has 1 aliphatic heterocycles. The smallest absolute Gasteiger partial charge is 0.410 e. The number of aliphatic imine (C=N–C) groups is 1. The molecule has 0 unspecified atom stereocenters. The molecule has 0 atom stereocenters. The van der Waals surface area contributed by atoms with Gasteiger partial charge in [0.15, 0.2) is 5.96 Å². The summed E-state index contributed by atoms with van der Waals surface area (Å²) < 4.78 is 5.43. The van der Waals surface area contributed by atoms with Crippen LogP contribution in [-0.2, 0) is 11.2 Å². The molecule has 0 radical (unpaired) electrons. The van der Waals surface area contributed by atoms with Crippen molar-refractivity contribution in [2.24, 2.45) is 10.7 Å². The first-order chi connectivity index (χ1) is 13.3. The zero-order valence-corrected chi connectivity index (χ0v) is 20.4. The number of anilines is 1. The van der Waals surface area contributed by atoms with Crippen molar-refractivity contribution in [1.29, 1.82) is 0 Å². The minimum Gasteiger partial charge on any atom is -0.444 e. The van der Waals surface area contributed by atoms with Gasteiger partial charge in [-0.1, -0.05) is 19.1 Å². The van der Waals surface area contributed by atoms with E-state index in [1.54, 1.807) is 4.90 Å². The third kappa shape index (κ3) is 9.66. The Morgan fingerprint density at radius 1 is 1.17 bits per heavy atom. The first-order valence-corrected chi connectivity index (χ1v) is 10.1. The van der Waals surface area contributed by atoms with E-state index in [9.17, 15) is 4.79 Å². The van der Waals surface area contributed by atoms with Crippen molar-refractivity contribution in [2.45, 2.75) is 46.1 Å². The van der Waals surface area contributed by atoms with E-state index >= 15 is 0 Å². The molecule has 1 aromatic rings. The topological polar surface area (TPSA) is 83.2 Å². The molecule has 164 valence electrons. The van der Waals surface area contributed by atoms with Crippen molar-refractivity contribution in [3.8, 4) is 0 Å². The Labute approximate surface area is 192 Å². The largest absolute Gasteiger partial charge is 0.444 e. The lowest BCUT2D eigenvalue weighted by molar-refractivity contribution is 0.0145. The van der Waals surface area contributed by atoms with Gasteiger partial charge in [-0.2, -0.15) is 0 Å². The number of amides is 1. The van der Waals surface area contributed by atoms with Crippen molar-refractivity contribution in [3.05, 3.63) is 29.8 Å². The highest BCUT2D eigenvalue weighted by atomic mass is 127. The fourth-order valence-corrected chi connectivity index (χ4v) is 2.99. The molecule has 1 aliphatic rings. The molecule has 0 aliphatic carbocycles. The van der Waals surface area contributed by atoms with Gasteiger partial charge in [0, 0.05) is 45.0 Å². The lowest BCUT2D eigenvalue weighted by atomic mass is 10.1. The van der Waals surface area contributed by atoms with Gasteiger partial charge in [-0.05, 0) is 51.3 Å². The number of hydrogen-bond acceptors (Lipinski definition) is 4. The number of guanidine groups is 1. The minimum atomic E-state index is -0.446. The van der Waals surface area contributed by atoms with E-state index in [4.69, 9.17) is 10.5 Å². The number of nitrogens with two attached hydrogens (primary N) is 1. The van der Waals surface area contributed by atoms with Gasteiger partial charge in [0.25, 0.3) is 0 Å². The van der Waals surface area contributed by atoms with Crippen molar-refractivity contribution in [3.63, 3.8) is 0 Å². The quantitative estimate of drug-likeness (QED) is 0.261. The van der Waals surface area contributed by atoms with Crippen LogP contribution in [0.15, 0.2) is 29.3 Å². The Kier molecular flexibility index (Phi) is 10.7.